The fourth-order valence-corrected chi connectivity index (χ4v) is 2.68. The number of para-hydroxylation sites is 1. The summed E-state index contributed by atoms with van der Waals surface area (Å²) in [4.78, 5) is 19.5. The normalized spacial score (nSPS) is 13.2. The number of anilines is 1. The van der Waals surface area contributed by atoms with Crippen LogP contribution in [-0.4, -0.2) is 19.7 Å². The van der Waals surface area contributed by atoms with Crippen molar-refractivity contribution in [3.63, 3.8) is 0 Å². The molecule has 0 saturated carbocycles. The average molecular weight is 325 g/mol. The van der Waals surface area contributed by atoms with Gasteiger partial charge in [-0.25, -0.2) is 4.98 Å². The lowest BCUT2D eigenvalue weighted by Crippen LogP contribution is -2.22. The van der Waals surface area contributed by atoms with Gasteiger partial charge >= 0.3 is 0 Å². The Bertz CT molecular complexity index is 932. The largest absolute Gasteiger partial charge is 0.349 e. The molecule has 3 aromatic rings. The van der Waals surface area contributed by atoms with E-state index >= 15 is 0 Å². The van der Waals surface area contributed by atoms with Crippen molar-refractivity contribution in [1.29, 1.82) is 0 Å². The number of hydrogen-bond donors (Lipinski definition) is 2. The molecule has 24 heavy (non-hydrogen) atoms. The second kappa shape index (κ2) is 5.78. The molecule has 0 aliphatic carbocycles. The molecule has 6 heteroatoms. The van der Waals surface area contributed by atoms with E-state index in [9.17, 15) is 4.79 Å². The van der Waals surface area contributed by atoms with Gasteiger partial charge in [0.15, 0.2) is 0 Å². The third-order valence-electron chi connectivity index (χ3n) is 4.06. The summed E-state index contributed by atoms with van der Waals surface area (Å²) in [5.74, 6) is 0.467. The van der Waals surface area contributed by atoms with Crippen LogP contribution in [0.1, 0.15) is 45.0 Å². The molecule has 0 aliphatic rings. The predicted octanol–water partition coefficient (Wildman–Crippen LogP) is 3.36. The first kappa shape index (κ1) is 16.2. The first-order valence-corrected chi connectivity index (χ1v) is 8.08. The van der Waals surface area contributed by atoms with Crippen molar-refractivity contribution < 1.29 is 0 Å². The number of aromatic amines is 1. The molecule has 0 saturated heterocycles. The van der Waals surface area contributed by atoms with Crippen LogP contribution < -0.4 is 10.9 Å². The van der Waals surface area contributed by atoms with Gasteiger partial charge in [-0.15, -0.1) is 0 Å². The summed E-state index contributed by atoms with van der Waals surface area (Å²) in [5, 5.41) is 8.46. The number of benzene rings is 1. The standard InChI is InChI=1S/C18H23N5O/c1-11(14-10-23(18(3,4)5)22-12(14)2)19-17-20-15-9-7-6-8-13(15)16(24)21-17/h6-11H,1-5H3,(H2,19,20,21,24). The Morgan fingerprint density at radius 3 is 2.62 bits per heavy atom. The number of rotatable bonds is 3. The highest BCUT2D eigenvalue weighted by Gasteiger charge is 2.19. The van der Waals surface area contributed by atoms with E-state index in [1.165, 1.54) is 0 Å². The molecule has 1 atom stereocenters. The van der Waals surface area contributed by atoms with Crippen LogP contribution in [0.2, 0.25) is 0 Å². The second-order valence-corrected chi connectivity index (χ2v) is 7.08. The Hall–Kier alpha value is -2.63. The lowest BCUT2D eigenvalue weighted by atomic mass is 10.1. The van der Waals surface area contributed by atoms with Gasteiger partial charge in [-0.2, -0.15) is 5.10 Å². The topological polar surface area (TPSA) is 75.6 Å². The van der Waals surface area contributed by atoms with Crippen LogP contribution in [0, 0.1) is 6.92 Å². The van der Waals surface area contributed by atoms with Crippen molar-refractivity contribution in [2.24, 2.45) is 0 Å². The summed E-state index contributed by atoms with van der Waals surface area (Å²) in [6.07, 6.45) is 2.05. The third kappa shape index (κ3) is 3.04. The van der Waals surface area contributed by atoms with Crippen LogP contribution in [0.25, 0.3) is 10.9 Å². The maximum absolute atomic E-state index is 12.2. The quantitative estimate of drug-likeness (QED) is 0.774. The first-order chi connectivity index (χ1) is 11.3. The van der Waals surface area contributed by atoms with Crippen LogP contribution in [-0.2, 0) is 5.54 Å². The van der Waals surface area contributed by atoms with Crippen LogP contribution in [0.5, 0.6) is 0 Å². The van der Waals surface area contributed by atoms with Crippen molar-refractivity contribution in [3.8, 4) is 0 Å². The van der Waals surface area contributed by atoms with E-state index < -0.39 is 0 Å². The molecule has 6 nitrogen and oxygen atoms in total. The summed E-state index contributed by atoms with van der Waals surface area (Å²) in [5.41, 5.74) is 2.52. The number of nitrogens with zero attached hydrogens (tertiary/aromatic N) is 3. The SMILES string of the molecule is Cc1nn(C(C)(C)C)cc1C(C)Nc1nc2ccccc2c(=O)[nH]1. The summed E-state index contributed by atoms with van der Waals surface area (Å²) in [7, 11) is 0. The van der Waals surface area contributed by atoms with Crippen molar-refractivity contribution in [2.75, 3.05) is 5.32 Å². The Labute approximate surface area is 140 Å². The van der Waals surface area contributed by atoms with Gasteiger partial charge in [0.2, 0.25) is 5.95 Å². The molecule has 0 aliphatic heterocycles. The number of H-pyrrole nitrogens is 1. The van der Waals surface area contributed by atoms with Gasteiger partial charge in [0.1, 0.15) is 0 Å². The van der Waals surface area contributed by atoms with Crippen molar-refractivity contribution in [3.05, 3.63) is 52.1 Å². The summed E-state index contributed by atoms with van der Waals surface area (Å²) >= 11 is 0. The fraction of sp³-hybridized carbons (Fsp3) is 0.389. The molecule has 126 valence electrons. The smallest absolute Gasteiger partial charge is 0.260 e. The van der Waals surface area contributed by atoms with Crippen molar-refractivity contribution in [1.82, 2.24) is 19.7 Å². The van der Waals surface area contributed by atoms with Gasteiger partial charge in [0.05, 0.1) is 28.2 Å². The number of aromatic nitrogens is 4. The first-order valence-electron chi connectivity index (χ1n) is 8.08. The van der Waals surface area contributed by atoms with Gasteiger partial charge in [0.25, 0.3) is 5.56 Å². The zero-order chi connectivity index (χ0) is 17.5. The van der Waals surface area contributed by atoms with Gasteiger partial charge < -0.3 is 5.32 Å². The number of hydrogen-bond acceptors (Lipinski definition) is 4. The minimum absolute atomic E-state index is 0.0228. The minimum atomic E-state index is -0.141. The average Bonchev–Trinajstić information content (AvgIpc) is 2.89. The molecular weight excluding hydrogens is 302 g/mol. The van der Waals surface area contributed by atoms with E-state index in [2.05, 4.69) is 41.2 Å². The van der Waals surface area contributed by atoms with Crippen LogP contribution in [0.4, 0.5) is 5.95 Å². The Morgan fingerprint density at radius 1 is 1.25 bits per heavy atom. The van der Waals surface area contributed by atoms with Crippen molar-refractivity contribution in [2.45, 2.75) is 46.2 Å². The Balaban J connectivity index is 1.91. The predicted molar refractivity (Wildman–Crippen MR) is 96.4 cm³/mol. The van der Waals surface area contributed by atoms with E-state index in [0.29, 0.717) is 16.9 Å². The van der Waals surface area contributed by atoms with E-state index in [4.69, 9.17) is 0 Å². The molecule has 0 bridgehead atoms. The zero-order valence-electron chi connectivity index (χ0n) is 14.7. The van der Waals surface area contributed by atoms with Crippen molar-refractivity contribution >= 4 is 16.9 Å². The van der Waals surface area contributed by atoms with E-state index in [0.717, 1.165) is 11.3 Å². The summed E-state index contributed by atoms with van der Waals surface area (Å²) < 4.78 is 1.96. The zero-order valence-corrected chi connectivity index (χ0v) is 14.7. The summed E-state index contributed by atoms with van der Waals surface area (Å²) in [6.45, 7) is 10.4. The van der Waals surface area contributed by atoms with Gasteiger partial charge in [-0.3, -0.25) is 14.5 Å². The highest BCUT2D eigenvalue weighted by atomic mass is 16.1. The molecule has 2 N–H and O–H groups in total. The molecule has 1 unspecified atom stereocenters. The lowest BCUT2D eigenvalue weighted by Gasteiger charge is -2.19. The Kier molecular flexibility index (Phi) is 3.91. The maximum atomic E-state index is 12.2. The second-order valence-electron chi connectivity index (χ2n) is 7.08. The highest BCUT2D eigenvalue weighted by Crippen LogP contribution is 2.23. The molecule has 2 heterocycles. The molecule has 0 spiro atoms. The van der Waals surface area contributed by atoms with Crippen LogP contribution in [0.15, 0.2) is 35.3 Å². The van der Waals surface area contributed by atoms with Crippen LogP contribution in [0.3, 0.4) is 0 Å². The third-order valence-corrected chi connectivity index (χ3v) is 4.06. The molecule has 0 amide bonds. The molecule has 3 rings (SSSR count). The minimum Gasteiger partial charge on any atom is -0.349 e. The van der Waals surface area contributed by atoms with Gasteiger partial charge in [-0.05, 0) is 46.8 Å². The number of fused-ring (bicyclic) bond motifs is 1. The van der Waals surface area contributed by atoms with E-state index in [-0.39, 0.29) is 17.1 Å². The molecule has 0 radical (unpaired) electrons. The fourth-order valence-electron chi connectivity index (χ4n) is 2.68. The van der Waals surface area contributed by atoms with Gasteiger partial charge in [-0.1, -0.05) is 12.1 Å². The van der Waals surface area contributed by atoms with E-state index in [1.54, 1.807) is 6.07 Å². The number of aryl methyl sites for hydroxylation is 1. The highest BCUT2D eigenvalue weighted by molar-refractivity contribution is 5.78. The lowest BCUT2D eigenvalue weighted by molar-refractivity contribution is 0.354. The molecule has 2 aromatic heterocycles. The van der Waals surface area contributed by atoms with Gasteiger partial charge in [0, 0.05) is 11.8 Å². The Morgan fingerprint density at radius 2 is 1.96 bits per heavy atom. The van der Waals surface area contributed by atoms with Crippen LogP contribution >= 0.6 is 0 Å². The maximum Gasteiger partial charge on any atom is 0.260 e. The molecule has 0 fully saturated rings. The summed E-state index contributed by atoms with van der Waals surface area (Å²) in [6, 6.07) is 7.29. The molecular formula is C18H23N5O. The number of nitrogens with one attached hydrogen (secondary N) is 2. The molecule has 1 aromatic carbocycles. The van der Waals surface area contributed by atoms with E-state index in [1.807, 2.05) is 42.9 Å². The monoisotopic (exact) mass is 325 g/mol.